The summed E-state index contributed by atoms with van der Waals surface area (Å²) in [5, 5.41) is 3.12. The summed E-state index contributed by atoms with van der Waals surface area (Å²) in [5.41, 5.74) is 2.38. The summed E-state index contributed by atoms with van der Waals surface area (Å²) in [6, 6.07) is 16.3. The lowest BCUT2D eigenvalue weighted by molar-refractivity contribution is -0.126. The van der Waals surface area contributed by atoms with Gasteiger partial charge < -0.3 is 5.32 Å². The molecule has 1 N–H and O–H groups in total. The van der Waals surface area contributed by atoms with Gasteiger partial charge in [0.1, 0.15) is 6.04 Å². The molecule has 1 aliphatic rings. The number of rotatable bonds is 5. The number of fused-ring (bicyclic) bond motifs is 1. The number of amides is 1. The lowest BCUT2D eigenvalue weighted by atomic mass is 9.96. The van der Waals surface area contributed by atoms with Gasteiger partial charge in [-0.05, 0) is 37.7 Å². The van der Waals surface area contributed by atoms with E-state index in [4.69, 9.17) is 0 Å². The number of hydrogen-bond donors (Lipinski definition) is 1. The molecule has 2 aromatic carbocycles. The Bertz CT molecular complexity index is 913. The van der Waals surface area contributed by atoms with Crippen molar-refractivity contribution >= 4 is 21.6 Å². The second-order valence-corrected chi connectivity index (χ2v) is 8.93. The average Bonchev–Trinajstić information content (AvgIpc) is 2.61. The topological polar surface area (TPSA) is 69.7 Å². The maximum absolute atomic E-state index is 13.1. The van der Waals surface area contributed by atoms with E-state index in [1.165, 1.54) is 10.6 Å². The molecule has 1 aliphatic heterocycles. The summed E-state index contributed by atoms with van der Waals surface area (Å²) in [6.07, 6.45) is 1.74. The van der Waals surface area contributed by atoms with Crippen LogP contribution in [0.5, 0.6) is 0 Å². The minimum Gasteiger partial charge on any atom is -0.347 e. The van der Waals surface area contributed by atoms with Gasteiger partial charge >= 0.3 is 0 Å². The van der Waals surface area contributed by atoms with Gasteiger partial charge in [0.2, 0.25) is 15.9 Å². The first-order chi connectivity index (χ1) is 12.8. The zero-order valence-electron chi connectivity index (χ0n) is 15.8. The fourth-order valence-corrected chi connectivity index (χ4v) is 4.56. The Hall–Kier alpha value is -2.38. The van der Waals surface area contributed by atoms with Crippen molar-refractivity contribution in [2.75, 3.05) is 31.2 Å². The summed E-state index contributed by atoms with van der Waals surface area (Å²) < 4.78 is 25.6. The van der Waals surface area contributed by atoms with Crippen LogP contribution in [0.3, 0.4) is 0 Å². The molecule has 2 atom stereocenters. The van der Waals surface area contributed by atoms with E-state index in [1.54, 1.807) is 6.07 Å². The Labute approximate surface area is 160 Å². The number of carbonyl (C=O) groups excluding carboxylic acids is 1. The van der Waals surface area contributed by atoms with Gasteiger partial charge in [0.05, 0.1) is 18.0 Å². The first-order valence-electron chi connectivity index (χ1n) is 8.87. The molecular weight excluding hydrogens is 362 g/mol. The van der Waals surface area contributed by atoms with Gasteiger partial charge in [0.15, 0.2) is 0 Å². The lowest BCUT2D eigenvalue weighted by Gasteiger charge is -2.35. The molecular formula is C20H25N3O3S. The third-order valence-electron chi connectivity index (χ3n) is 4.80. The zero-order chi connectivity index (χ0) is 19.6. The van der Waals surface area contributed by atoms with E-state index >= 15 is 0 Å². The van der Waals surface area contributed by atoms with Crippen molar-refractivity contribution in [3.05, 3.63) is 65.7 Å². The van der Waals surface area contributed by atoms with Gasteiger partial charge in [0, 0.05) is 6.54 Å². The van der Waals surface area contributed by atoms with Crippen LogP contribution in [0.1, 0.15) is 29.6 Å². The highest BCUT2D eigenvalue weighted by Crippen LogP contribution is 2.35. The van der Waals surface area contributed by atoms with Crippen molar-refractivity contribution in [2.24, 2.45) is 0 Å². The lowest BCUT2D eigenvalue weighted by Crippen LogP contribution is -2.43. The molecule has 0 saturated heterocycles. The molecule has 6 nitrogen and oxygen atoms in total. The smallest absolute Gasteiger partial charge is 0.242 e. The number of para-hydroxylation sites is 1. The van der Waals surface area contributed by atoms with E-state index in [0.717, 1.165) is 11.1 Å². The van der Waals surface area contributed by atoms with E-state index < -0.39 is 16.1 Å². The third kappa shape index (κ3) is 4.14. The third-order valence-corrected chi connectivity index (χ3v) is 5.98. The minimum absolute atomic E-state index is 0.0983. The first-order valence-corrected chi connectivity index (χ1v) is 10.7. The van der Waals surface area contributed by atoms with Gasteiger partial charge in [-0.2, -0.15) is 0 Å². The Balaban J connectivity index is 1.88. The monoisotopic (exact) mass is 387 g/mol. The average molecular weight is 388 g/mol. The Morgan fingerprint density at radius 3 is 2.37 bits per heavy atom. The number of nitrogens with zero attached hydrogens (tertiary/aromatic N) is 2. The highest BCUT2D eigenvalue weighted by Gasteiger charge is 2.32. The number of anilines is 1. The molecule has 1 amide bonds. The molecule has 3 rings (SSSR count). The summed E-state index contributed by atoms with van der Waals surface area (Å²) in [6.45, 7) is 0.346. The molecule has 2 aromatic rings. The quantitative estimate of drug-likeness (QED) is 0.855. The maximum Gasteiger partial charge on any atom is 0.242 e. The molecule has 2 unspecified atom stereocenters. The van der Waals surface area contributed by atoms with Crippen molar-refractivity contribution in [1.82, 2.24) is 10.2 Å². The number of nitrogens with one attached hydrogen (secondary N) is 1. The summed E-state index contributed by atoms with van der Waals surface area (Å²) in [7, 11) is 0.393. The van der Waals surface area contributed by atoms with Crippen LogP contribution in [0.25, 0.3) is 0 Å². The van der Waals surface area contributed by atoms with Crippen LogP contribution in [0.2, 0.25) is 0 Å². The van der Waals surface area contributed by atoms with E-state index in [0.29, 0.717) is 18.7 Å². The van der Waals surface area contributed by atoms with E-state index in [1.807, 2.05) is 67.5 Å². The van der Waals surface area contributed by atoms with Crippen LogP contribution in [0.15, 0.2) is 54.6 Å². The highest BCUT2D eigenvalue weighted by atomic mass is 32.2. The Kier molecular flexibility index (Phi) is 5.53. The molecule has 0 aromatic heterocycles. The molecule has 144 valence electrons. The molecule has 0 radical (unpaired) electrons. The molecule has 0 fully saturated rings. The fourth-order valence-electron chi connectivity index (χ4n) is 3.60. The van der Waals surface area contributed by atoms with Crippen molar-refractivity contribution < 1.29 is 13.2 Å². The van der Waals surface area contributed by atoms with E-state index in [2.05, 4.69) is 5.32 Å². The second-order valence-electron chi connectivity index (χ2n) is 7.02. The van der Waals surface area contributed by atoms with E-state index in [9.17, 15) is 13.2 Å². The van der Waals surface area contributed by atoms with Crippen LogP contribution >= 0.6 is 0 Å². The van der Waals surface area contributed by atoms with Crippen LogP contribution in [0.4, 0.5) is 5.69 Å². The van der Waals surface area contributed by atoms with Crippen molar-refractivity contribution in [3.63, 3.8) is 0 Å². The Morgan fingerprint density at radius 2 is 1.74 bits per heavy atom. The molecule has 7 heteroatoms. The Morgan fingerprint density at radius 1 is 1.11 bits per heavy atom. The fraction of sp³-hybridized carbons (Fsp3) is 0.350. The SMILES string of the molecule is CN(C)C(C(=O)NC1CCN(S(C)(=O)=O)c2ccccc21)c1ccccc1. The number of sulfonamides is 1. The molecule has 1 heterocycles. The van der Waals surface area contributed by atoms with Gasteiger partial charge in [-0.15, -0.1) is 0 Å². The van der Waals surface area contributed by atoms with Gasteiger partial charge in [-0.1, -0.05) is 48.5 Å². The van der Waals surface area contributed by atoms with Gasteiger partial charge in [-0.3, -0.25) is 14.0 Å². The van der Waals surface area contributed by atoms with Crippen molar-refractivity contribution in [1.29, 1.82) is 0 Å². The van der Waals surface area contributed by atoms with Crippen LogP contribution < -0.4 is 9.62 Å². The number of carbonyl (C=O) groups is 1. The molecule has 0 spiro atoms. The number of likely N-dealkylation sites (N-methyl/N-ethyl adjacent to an activating group) is 1. The molecule has 0 saturated carbocycles. The van der Waals surface area contributed by atoms with Gasteiger partial charge in [0.25, 0.3) is 0 Å². The molecule has 0 bridgehead atoms. The predicted molar refractivity (Wildman–Crippen MR) is 107 cm³/mol. The summed E-state index contributed by atoms with van der Waals surface area (Å²) >= 11 is 0. The first kappa shape index (κ1) is 19.4. The standard InChI is InChI=1S/C20H25N3O3S/c1-22(2)19(15-9-5-4-6-10-15)20(24)21-17-13-14-23(27(3,25)26)18-12-8-7-11-16(17)18/h4-12,17,19H,13-14H2,1-3H3,(H,21,24). The number of hydrogen-bond acceptors (Lipinski definition) is 4. The highest BCUT2D eigenvalue weighted by molar-refractivity contribution is 7.92. The predicted octanol–water partition coefficient (Wildman–Crippen LogP) is 2.32. The summed E-state index contributed by atoms with van der Waals surface area (Å²) in [5.74, 6) is -0.0983. The van der Waals surface area contributed by atoms with Crippen molar-refractivity contribution in [2.45, 2.75) is 18.5 Å². The number of benzene rings is 2. The van der Waals surface area contributed by atoms with Gasteiger partial charge in [-0.25, -0.2) is 8.42 Å². The minimum atomic E-state index is -3.35. The molecule has 0 aliphatic carbocycles. The van der Waals surface area contributed by atoms with Crippen LogP contribution in [-0.2, 0) is 14.8 Å². The normalized spacial score (nSPS) is 18.1. The van der Waals surface area contributed by atoms with Crippen LogP contribution in [0, 0.1) is 0 Å². The van der Waals surface area contributed by atoms with E-state index in [-0.39, 0.29) is 11.9 Å². The summed E-state index contributed by atoms with van der Waals surface area (Å²) in [4.78, 5) is 14.9. The van der Waals surface area contributed by atoms with Crippen LogP contribution in [-0.4, -0.2) is 46.1 Å². The molecule has 27 heavy (non-hydrogen) atoms. The van der Waals surface area contributed by atoms with Crippen molar-refractivity contribution in [3.8, 4) is 0 Å². The maximum atomic E-state index is 13.1. The second kappa shape index (κ2) is 7.70. The zero-order valence-corrected chi connectivity index (χ0v) is 16.6. The largest absolute Gasteiger partial charge is 0.347 e.